The van der Waals surface area contributed by atoms with Crippen molar-refractivity contribution in [2.75, 3.05) is 6.54 Å². The van der Waals surface area contributed by atoms with Gasteiger partial charge in [0.25, 0.3) is 5.24 Å². The Labute approximate surface area is 57.4 Å². The summed E-state index contributed by atoms with van der Waals surface area (Å²) in [6.07, 6.45) is 3.37. The van der Waals surface area contributed by atoms with Gasteiger partial charge in [-0.05, 0) is 17.7 Å². The van der Waals surface area contributed by atoms with Crippen LogP contribution in [0.2, 0.25) is 0 Å². The summed E-state index contributed by atoms with van der Waals surface area (Å²) in [5.74, 6) is 0. The highest BCUT2D eigenvalue weighted by Crippen LogP contribution is 1.91. The van der Waals surface area contributed by atoms with Crippen molar-refractivity contribution in [3.8, 4) is 0 Å². The molecule has 0 aromatic carbocycles. The van der Waals surface area contributed by atoms with Gasteiger partial charge in [-0.25, -0.2) is 0 Å². The maximum Gasteiger partial charge on any atom is 0.272 e. The zero-order valence-electron chi connectivity index (χ0n) is 4.60. The molecule has 0 fully saturated rings. The molecule has 0 radical (unpaired) electrons. The first-order valence-corrected chi connectivity index (χ1v) is 2.85. The monoisotopic (exact) mass is 144 g/mol. The van der Waals surface area contributed by atoms with Crippen molar-refractivity contribution >= 4 is 22.6 Å². The van der Waals surface area contributed by atoms with Gasteiger partial charge in [0.15, 0.2) is 0 Å². The third-order valence-electron chi connectivity index (χ3n) is 0.886. The lowest BCUT2D eigenvalue weighted by molar-refractivity contribution is -0.106. The van der Waals surface area contributed by atoms with Crippen LogP contribution in [0.15, 0.2) is 17.3 Å². The van der Waals surface area contributed by atoms with Crippen molar-refractivity contribution in [1.29, 1.82) is 0 Å². The number of halogens is 1. The number of carbonyl (C=O) groups is 1. The maximum atomic E-state index is 10.3. The van der Waals surface area contributed by atoms with Crippen molar-refractivity contribution in [2.24, 2.45) is 5.10 Å². The third kappa shape index (κ3) is 1.54. The van der Waals surface area contributed by atoms with E-state index < -0.39 is 5.24 Å². The van der Waals surface area contributed by atoms with E-state index in [9.17, 15) is 4.79 Å². The molecule has 0 unspecified atom stereocenters. The molecule has 1 rings (SSSR count). The second-order valence-electron chi connectivity index (χ2n) is 1.54. The average molecular weight is 145 g/mol. The number of rotatable bonds is 1. The molecule has 1 N–H and O–H groups in total. The van der Waals surface area contributed by atoms with E-state index in [1.165, 1.54) is 0 Å². The van der Waals surface area contributed by atoms with E-state index in [2.05, 4.69) is 10.5 Å². The highest BCUT2D eigenvalue weighted by Gasteiger charge is 2.04. The quantitative estimate of drug-likeness (QED) is 0.537. The van der Waals surface area contributed by atoms with E-state index in [4.69, 9.17) is 11.6 Å². The van der Waals surface area contributed by atoms with E-state index >= 15 is 0 Å². The summed E-state index contributed by atoms with van der Waals surface area (Å²) >= 11 is 5.10. The van der Waals surface area contributed by atoms with Crippen LogP contribution in [0, 0.1) is 0 Å². The smallest absolute Gasteiger partial charge is 0.272 e. The molecule has 0 saturated carbocycles. The SMILES string of the molecule is O=C(Cl)C1=NNCC=C1. The summed E-state index contributed by atoms with van der Waals surface area (Å²) in [6.45, 7) is 0.660. The summed E-state index contributed by atoms with van der Waals surface area (Å²) < 4.78 is 0. The molecule has 1 heterocycles. The summed E-state index contributed by atoms with van der Waals surface area (Å²) in [5, 5.41) is 3.10. The normalized spacial score (nSPS) is 16.3. The molecule has 48 valence electrons. The predicted molar refractivity (Wildman–Crippen MR) is 35.4 cm³/mol. The fraction of sp³-hybridized carbons (Fsp3) is 0.200. The molecule has 0 aromatic heterocycles. The second-order valence-corrected chi connectivity index (χ2v) is 1.88. The van der Waals surface area contributed by atoms with Crippen molar-refractivity contribution in [3.63, 3.8) is 0 Å². The average Bonchev–Trinajstić information content (AvgIpc) is 1.90. The summed E-state index contributed by atoms with van der Waals surface area (Å²) in [7, 11) is 0. The molecule has 3 nitrogen and oxygen atoms in total. The third-order valence-corrected chi connectivity index (χ3v) is 1.08. The van der Waals surface area contributed by atoms with Crippen LogP contribution in [0.3, 0.4) is 0 Å². The Morgan fingerprint density at radius 2 is 2.67 bits per heavy atom. The van der Waals surface area contributed by atoms with E-state index in [0.717, 1.165) is 0 Å². The lowest BCUT2D eigenvalue weighted by Crippen LogP contribution is -2.17. The number of nitrogens with zero attached hydrogens (tertiary/aromatic N) is 1. The van der Waals surface area contributed by atoms with Crippen LogP contribution in [-0.4, -0.2) is 17.5 Å². The fourth-order valence-corrected chi connectivity index (χ4v) is 0.606. The number of carbonyl (C=O) groups excluding carboxylic acids is 1. The predicted octanol–water partition coefficient (Wildman–Crippen LogP) is 0.267. The first-order chi connectivity index (χ1) is 4.30. The molecule has 0 spiro atoms. The Morgan fingerprint density at radius 3 is 3.00 bits per heavy atom. The molecule has 9 heavy (non-hydrogen) atoms. The van der Waals surface area contributed by atoms with Gasteiger partial charge >= 0.3 is 0 Å². The second kappa shape index (κ2) is 2.64. The lowest BCUT2D eigenvalue weighted by atomic mass is 10.3. The Hall–Kier alpha value is -0.830. The molecular weight excluding hydrogens is 140 g/mol. The van der Waals surface area contributed by atoms with Crippen LogP contribution in [0.25, 0.3) is 0 Å². The minimum Gasteiger partial charge on any atom is -0.306 e. The molecule has 0 aromatic rings. The zero-order valence-corrected chi connectivity index (χ0v) is 5.35. The van der Waals surface area contributed by atoms with Crippen LogP contribution in [0.4, 0.5) is 0 Å². The first kappa shape index (κ1) is 6.29. The molecule has 4 heteroatoms. The van der Waals surface area contributed by atoms with Gasteiger partial charge in [0.1, 0.15) is 5.71 Å². The topological polar surface area (TPSA) is 41.5 Å². The zero-order chi connectivity index (χ0) is 6.69. The van der Waals surface area contributed by atoms with E-state index in [1.54, 1.807) is 12.2 Å². The van der Waals surface area contributed by atoms with Gasteiger partial charge in [0.05, 0.1) is 6.54 Å². The fourth-order valence-electron chi connectivity index (χ4n) is 0.501. The van der Waals surface area contributed by atoms with Gasteiger partial charge in [-0.3, -0.25) is 4.79 Å². The number of hydrogen-bond acceptors (Lipinski definition) is 3. The minimum atomic E-state index is -0.529. The Kier molecular flexibility index (Phi) is 1.85. The van der Waals surface area contributed by atoms with Gasteiger partial charge in [-0.1, -0.05) is 6.08 Å². The molecule has 1 aliphatic rings. The van der Waals surface area contributed by atoms with Gasteiger partial charge in [-0.2, -0.15) is 5.10 Å². The largest absolute Gasteiger partial charge is 0.306 e. The molecule has 0 saturated heterocycles. The molecule has 0 amide bonds. The van der Waals surface area contributed by atoms with Crippen LogP contribution in [0.1, 0.15) is 0 Å². The summed E-state index contributed by atoms with van der Waals surface area (Å²) in [6, 6.07) is 0. The molecule has 0 atom stereocenters. The molecule has 0 bridgehead atoms. The molecule has 0 aliphatic carbocycles. The highest BCUT2D eigenvalue weighted by molar-refractivity contribution is 6.83. The summed E-state index contributed by atoms with van der Waals surface area (Å²) in [5.41, 5.74) is 2.88. The van der Waals surface area contributed by atoms with E-state index in [1.807, 2.05) is 0 Å². The first-order valence-electron chi connectivity index (χ1n) is 2.47. The van der Waals surface area contributed by atoms with Gasteiger partial charge in [0, 0.05) is 0 Å². The number of hydrazone groups is 1. The van der Waals surface area contributed by atoms with Crippen molar-refractivity contribution < 1.29 is 4.79 Å². The Bertz CT molecular complexity index is 185. The van der Waals surface area contributed by atoms with Gasteiger partial charge in [0.2, 0.25) is 0 Å². The molecular formula is C5H5ClN2O. The number of nitrogens with one attached hydrogen (secondary N) is 1. The van der Waals surface area contributed by atoms with Crippen molar-refractivity contribution in [2.45, 2.75) is 0 Å². The standard InChI is InChI=1S/C5H5ClN2O/c6-5(9)4-2-1-3-7-8-4/h1-2,7H,3H2. The number of hydrogen-bond donors (Lipinski definition) is 1. The van der Waals surface area contributed by atoms with Crippen molar-refractivity contribution in [3.05, 3.63) is 12.2 Å². The highest BCUT2D eigenvalue weighted by atomic mass is 35.5. The maximum absolute atomic E-state index is 10.3. The van der Waals surface area contributed by atoms with E-state index in [0.29, 0.717) is 6.54 Å². The Balaban J connectivity index is 2.69. The van der Waals surface area contributed by atoms with Crippen LogP contribution < -0.4 is 5.43 Å². The number of allylic oxidation sites excluding steroid dienone is 1. The van der Waals surface area contributed by atoms with Crippen molar-refractivity contribution in [1.82, 2.24) is 5.43 Å². The lowest BCUT2D eigenvalue weighted by Gasteiger charge is -2.01. The van der Waals surface area contributed by atoms with Gasteiger partial charge in [-0.15, -0.1) is 0 Å². The Morgan fingerprint density at radius 1 is 1.89 bits per heavy atom. The van der Waals surface area contributed by atoms with Crippen LogP contribution >= 0.6 is 11.6 Å². The van der Waals surface area contributed by atoms with Gasteiger partial charge < -0.3 is 5.43 Å². The van der Waals surface area contributed by atoms with Crippen LogP contribution in [0.5, 0.6) is 0 Å². The molecule has 1 aliphatic heterocycles. The summed E-state index contributed by atoms with van der Waals surface area (Å²) in [4.78, 5) is 10.3. The van der Waals surface area contributed by atoms with Crippen LogP contribution in [-0.2, 0) is 4.79 Å². The van der Waals surface area contributed by atoms with E-state index in [-0.39, 0.29) is 5.71 Å². The minimum absolute atomic E-state index is 0.267.